The Hall–Kier alpha value is -2.75. The van der Waals surface area contributed by atoms with Gasteiger partial charge in [-0.05, 0) is 87.5 Å². The molecule has 3 fully saturated rings. The Bertz CT molecular complexity index is 1050. The largest absolute Gasteiger partial charge is 0.480 e. The van der Waals surface area contributed by atoms with Gasteiger partial charge in [-0.2, -0.15) is 0 Å². The minimum absolute atomic E-state index is 0.0288. The van der Waals surface area contributed by atoms with Crippen molar-refractivity contribution in [2.75, 3.05) is 6.61 Å². The van der Waals surface area contributed by atoms with Crippen LogP contribution < -0.4 is 11.1 Å². The van der Waals surface area contributed by atoms with E-state index in [1.165, 1.54) is 12.5 Å². The van der Waals surface area contributed by atoms with E-state index in [9.17, 15) is 24.3 Å². The van der Waals surface area contributed by atoms with Crippen molar-refractivity contribution in [1.29, 1.82) is 0 Å². The number of rotatable bonds is 8. The zero-order valence-electron chi connectivity index (χ0n) is 21.9. The molecule has 10 heteroatoms. The molecular formula is C27H39N3O7. The average Bonchev–Trinajstić information content (AvgIpc) is 3.10. The summed E-state index contributed by atoms with van der Waals surface area (Å²) in [5, 5.41) is 26.8. The maximum Gasteiger partial charge on any atom is 0.326 e. The van der Waals surface area contributed by atoms with Crippen molar-refractivity contribution in [2.24, 2.45) is 39.5 Å². The molecule has 204 valence electrons. The fourth-order valence-electron chi connectivity index (χ4n) is 8.05. The molecule has 0 heterocycles. The molecule has 5 N–H and O–H groups in total. The molecule has 0 radical (unpaired) electrons. The summed E-state index contributed by atoms with van der Waals surface area (Å²) in [5.41, 5.74) is 5.58. The first-order chi connectivity index (χ1) is 17.3. The van der Waals surface area contributed by atoms with Crippen molar-refractivity contribution < 1.29 is 34.2 Å². The molecule has 2 amide bonds. The van der Waals surface area contributed by atoms with Crippen molar-refractivity contribution in [3.8, 4) is 0 Å². The van der Waals surface area contributed by atoms with E-state index in [0.717, 1.165) is 44.2 Å². The fourth-order valence-corrected chi connectivity index (χ4v) is 8.05. The Labute approximate surface area is 217 Å². The van der Waals surface area contributed by atoms with Crippen LogP contribution in [0.4, 0.5) is 0 Å². The summed E-state index contributed by atoms with van der Waals surface area (Å²) < 4.78 is 0. The van der Waals surface area contributed by atoms with Crippen molar-refractivity contribution in [1.82, 2.24) is 5.32 Å². The number of carbonyl (C=O) groups is 4. The van der Waals surface area contributed by atoms with Crippen LogP contribution in [-0.2, 0) is 24.0 Å². The van der Waals surface area contributed by atoms with Gasteiger partial charge in [0.05, 0.1) is 12.1 Å². The van der Waals surface area contributed by atoms with Gasteiger partial charge in [-0.1, -0.05) is 24.6 Å². The summed E-state index contributed by atoms with van der Waals surface area (Å²) in [4.78, 5) is 51.8. The summed E-state index contributed by atoms with van der Waals surface area (Å²) in [5.74, 6) is -1.65. The number of aliphatic hydroxyl groups is 1. The van der Waals surface area contributed by atoms with Crippen LogP contribution >= 0.6 is 0 Å². The number of carbonyl (C=O) groups excluding carboxylic acids is 3. The Balaban J connectivity index is 1.40. The van der Waals surface area contributed by atoms with E-state index in [-0.39, 0.29) is 16.6 Å². The van der Waals surface area contributed by atoms with Crippen LogP contribution in [0.3, 0.4) is 0 Å². The first kappa shape index (κ1) is 27.3. The van der Waals surface area contributed by atoms with E-state index < -0.39 is 42.5 Å². The van der Waals surface area contributed by atoms with Gasteiger partial charge in [0.25, 0.3) is 5.91 Å². The number of primary amides is 1. The lowest BCUT2D eigenvalue weighted by Crippen LogP contribution is -2.57. The first-order valence-electron chi connectivity index (χ1n) is 13.3. The third kappa shape index (κ3) is 4.69. The highest BCUT2D eigenvalue weighted by molar-refractivity contribution is 5.96. The SMILES string of the molecule is CC(=O)[C@@]1(O)CC[C@H]2[C@@H]3CCC4=CC(=NOCC(=O)N[C@H](CC(N)=O)C(=O)O)CC[C@]4(C)[C@H]3CC[C@@]21C. The van der Waals surface area contributed by atoms with Crippen LogP contribution in [0, 0.1) is 28.6 Å². The highest BCUT2D eigenvalue weighted by Crippen LogP contribution is 2.67. The smallest absolute Gasteiger partial charge is 0.326 e. The van der Waals surface area contributed by atoms with E-state index in [4.69, 9.17) is 15.7 Å². The number of oxime groups is 1. The Kier molecular flexibility index (Phi) is 7.27. The zero-order chi connectivity index (χ0) is 27.2. The number of carboxylic acids is 1. The van der Waals surface area contributed by atoms with Crippen LogP contribution in [0.25, 0.3) is 0 Å². The summed E-state index contributed by atoms with van der Waals surface area (Å²) in [7, 11) is 0. The molecule has 0 spiro atoms. The molecule has 0 aromatic carbocycles. The Morgan fingerprint density at radius 1 is 1.14 bits per heavy atom. The monoisotopic (exact) mass is 517 g/mol. The number of ketones is 1. The van der Waals surface area contributed by atoms with Gasteiger partial charge >= 0.3 is 5.97 Å². The molecule has 4 rings (SSSR count). The van der Waals surface area contributed by atoms with Crippen LogP contribution in [0.1, 0.15) is 78.6 Å². The average molecular weight is 518 g/mol. The maximum atomic E-state index is 12.4. The van der Waals surface area contributed by atoms with Crippen LogP contribution in [0.15, 0.2) is 16.8 Å². The van der Waals surface area contributed by atoms with Crippen molar-refractivity contribution in [3.63, 3.8) is 0 Å². The van der Waals surface area contributed by atoms with Crippen LogP contribution in [-0.4, -0.2) is 57.7 Å². The second-order valence-corrected chi connectivity index (χ2v) is 11.9. The number of nitrogens with two attached hydrogens (primary N) is 1. The molecule has 0 aromatic heterocycles. The molecule has 4 aliphatic rings. The number of carboxylic acid groups (broad SMARTS) is 1. The van der Waals surface area contributed by atoms with Crippen molar-refractivity contribution >= 4 is 29.3 Å². The molecule has 0 bridgehead atoms. The minimum Gasteiger partial charge on any atom is -0.480 e. The van der Waals surface area contributed by atoms with E-state index >= 15 is 0 Å². The molecule has 10 nitrogen and oxygen atoms in total. The number of Topliss-reactive ketones (excluding diaryl/α,β-unsaturated/α-hetero) is 1. The summed E-state index contributed by atoms with van der Waals surface area (Å²) in [6.07, 6.45) is 8.43. The number of hydrogen-bond donors (Lipinski definition) is 4. The van der Waals surface area contributed by atoms with Gasteiger partial charge in [0.2, 0.25) is 5.91 Å². The molecule has 0 saturated heterocycles. The van der Waals surface area contributed by atoms with Crippen LogP contribution in [0.5, 0.6) is 0 Å². The minimum atomic E-state index is -1.40. The third-order valence-corrected chi connectivity index (χ3v) is 10.1. The van der Waals surface area contributed by atoms with Crippen LogP contribution in [0.2, 0.25) is 0 Å². The predicted molar refractivity (Wildman–Crippen MR) is 134 cm³/mol. The fraction of sp³-hybridized carbons (Fsp3) is 0.741. The normalized spacial score (nSPS) is 38.4. The number of nitrogens with one attached hydrogen (secondary N) is 1. The van der Waals surface area contributed by atoms with Gasteiger partial charge in [-0.3, -0.25) is 14.4 Å². The van der Waals surface area contributed by atoms with Gasteiger partial charge in [0.15, 0.2) is 12.4 Å². The molecule has 0 aromatic rings. The van der Waals surface area contributed by atoms with E-state index in [1.807, 2.05) is 0 Å². The lowest BCUT2D eigenvalue weighted by molar-refractivity contribution is -0.159. The molecule has 4 aliphatic carbocycles. The topological polar surface area (TPSA) is 168 Å². The van der Waals surface area contributed by atoms with E-state index in [0.29, 0.717) is 30.6 Å². The third-order valence-electron chi connectivity index (χ3n) is 10.1. The Morgan fingerprint density at radius 2 is 1.84 bits per heavy atom. The zero-order valence-corrected chi connectivity index (χ0v) is 21.9. The predicted octanol–water partition coefficient (Wildman–Crippen LogP) is 2.09. The Morgan fingerprint density at radius 3 is 2.49 bits per heavy atom. The van der Waals surface area contributed by atoms with Crippen molar-refractivity contribution in [3.05, 3.63) is 11.6 Å². The maximum absolute atomic E-state index is 12.4. The summed E-state index contributed by atoms with van der Waals surface area (Å²) in [6, 6.07) is -1.40. The lowest BCUT2D eigenvalue weighted by atomic mass is 9.46. The number of fused-ring (bicyclic) bond motifs is 5. The number of aliphatic carboxylic acids is 1. The number of hydrogen-bond acceptors (Lipinski definition) is 7. The molecule has 0 aliphatic heterocycles. The van der Waals surface area contributed by atoms with Crippen molar-refractivity contribution in [2.45, 2.75) is 90.2 Å². The van der Waals surface area contributed by atoms with E-state index in [1.54, 1.807) is 0 Å². The number of nitrogens with zero attached hydrogens (tertiary/aromatic N) is 1. The second-order valence-electron chi connectivity index (χ2n) is 11.9. The molecule has 0 unspecified atom stereocenters. The van der Waals surface area contributed by atoms with E-state index in [2.05, 4.69) is 30.4 Å². The summed E-state index contributed by atoms with van der Waals surface area (Å²) >= 11 is 0. The highest BCUT2D eigenvalue weighted by atomic mass is 16.6. The molecule has 3 saturated carbocycles. The van der Waals surface area contributed by atoms with Gasteiger partial charge in [0.1, 0.15) is 11.6 Å². The second kappa shape index (κ2) is 9.85. The van der Waals surface area contributed by atoms with Gasteiger partial charge in [-0.15, -0.1) is 0 Å². The summed E-state index contributed by atoms with van der Waals surface area (Å²) in [6.45, 7) is 5.53. The first-order valence-corrected chi connectivity index (χ1v) is 13.3. The number of amides is 2. The standard InChI is InChI=1S/C27H39N3O7/c1-15(31)27(36)11-8-20-18-5-4-16-12-17(6-9-25(16,2)19(18)7-10-26(20,27)3)30-37-14-23(33)29-21(24(34)35)13-22(28)32/h12,18-21,36H,4-11,13-14H2,1-3H3,(H2,28,32)(H,29,33)(H,34,35)/t18-,19+,20+,21-,25+,26+,27+/m1/s1. The van der Waals surface area contributed by atoms with Gasteiger partial charge in [-0.25, -0.2) is 4.79 Å². The quantitative estimate of drug-likeness (QED) is 0.357. The lowest BCUT2D eigenvalue weighted by Gasteiger charge is -2.59. The molecule has 37 heavy (non-hydrogen) atoms. The van der Waals surface area contributed by atoms with Gasteiger partial charge < -0.3 is 26.1 Å². The molecule has 7 atom stereocenters. The molecular weight excluding hydrogens is 478 g/mol. The highest BCUT2D eigenvalue weighted by Gasteiger charge is 2.65. The number of allylic oxidation sites excluding steroid dienone is 2. The van der Waals surface area contributed by atoms with Gasteiger partial charge in [0, 0.05) is 5.41 Å².